The number of benzene rings is 2. The molecule has 2 aromatic rings. The van der Waals surface area contributed by atoms with E-state index in [0.29, 0.717) is 37.7 Å². The van der Waals surface area contributed by atoms with Crippen LogP contribution in [0.4, 0.5) is 5.69 Å². The molecule has 1 aliphatic rings. The van der Waals surface area contributed by atoms with Gasteiger partial charge in [0.25, 0.3) is 0 Å². The van der Waals surface area contributed by atoms with E-state index in [1.807, 2.05) is 37.3 Å². The first kappa shape index (κ1) is 27.3. The van der Waals surface area contributed by atoms with Gasteiger partial charge in [-0.1, -0.05) is 43.7 Å². The van der Waals surface area contributed by atoms with E-state index in [2.05, 4.69) is 5.32 Å². The van der Waals surface area contributed by atoms with E-state index in [1.54, 1.807) is 25.1 Å². The molecule has 0 aliphatic carbocycles. The summed E-state index contributed by atoms with van der Waals surface area (Å²) in [5.41, 5.74) is 1.30. The van der Waals surface area contributed by atoms with Crippen LogP contribution in [0.25, 0.3) is 0 Å². The van der Waals surface area contributed by atoms with Crippen molar-refractivity contribution in [3.63, 3.8) is 0 Å². The summed E-state index contributed by atoms with van der Waals surface area (Å²) >= 11 is 0. The molecule has 0 aromatic heterocycles. The van der Waals surface area contributed by atoms with Gasteiger partial charge in [0.15, 0.2) is 11.5 Å². The Balaban J connectivity index is 1.83. The number of fused-ring (bicyclic) bond motifs is 1. The molecule has 1 heterocycles. The Morgan fingerprint density at radius 1 is 1.06 bits per heavy atom. The number of carbonyl (C=O) groups is 2. The molecule has 2 aromatic carbocycles. The molecule has 196 valence electrons. The van der Waals surface area contributed by atoms with Gasteiger partial charge in [-0.3, -0.25) is 13.9 Å². The van der Waals surface area contributed by atoms with Crippen molar-refractivity contribution in [1.29, 1.82) is 0 Å². The van der Waals surface area contributed by atoms with Crippen molar-refractivity contribution in [3.05, 3.63) is 54.1 Å². The van der Waals surface area contributed by atoms with Crippen molar-refractivity contribution in [3.8, 4) is 11.5 Å². The lowest BCUT2D eigenvalue weighted by Gasteiger charge is -2.31. The van der Waals surface area contributed by atoms with Gasteiger partial charge in [-0.2, -0.15) is 0 Å². The van der Waals surface area contributed by atoms with Gasteiger partial charge in [-0.25, -0.2) is 8.42 Å². The van der Waals surface area contributed by atoms with Gasteiger partial charge >= 0.3 is 0 Å². The standard InChI is InChI=1S/C26H35N3O6S/c1-4-5-14-27-26(31)20(2)28(15-13-21-9-7-6-8-10-21)25(30)19-29(36(3,32)33)22-11-12-23-24(18-22)35-17-16-34-23/h6-12,18,20H,4-5,13-17,19H2,1-3H3,(H,27,31)/t20-/m1/s1. The number of hydrogen-bond acceptors (Lipinski definition) is 6. The van der Waals surface area contributed by atoms with Gasteiger partial charge in [0, 0.05) is 19.2 Å². The molecule has 3 rings (SSSR count). The maximum Gasteiger partial charge on any atom is 0.244 e. The fraction of sp³-hybridized carbons (Fsp3) is 0.462. The first-order chi connectivity index (χ1) is 17.2. The number of nitrogens with one attached hydrogen (secondary N) is 1. The summed E-state index contributed by atoms with van der Waals surface area (Å²) in [7, 11) is -3.81. The summed E-state index contributed by atoms with van der Waals surface area (Å²) in [4.78, 5) is 27.8. The molecule has 0 unspecified atom stereocenters. The molecule has 1 aliphatic heterocycles. The summed E-state index contributed by atoms with van der Waals surface area (Å²) < 4.78 is 37.6. The number of rotatable bonds is 12. The first-order valence-corrected chi connectivity index (χ1v) is 14.0. The summed E-state index contributed by atoms with van der Waals surface area (Å²) in [5.74, 6) is 0.204. The maximum atomic E-state index is 13.5. The van der Waals surface area contributed by atoms with E-state index >= 15 is 0 Å². The third-order valence-corrected chi connectivity index (χ3v) is 7.11. The summed E-state index contributed by atoms with van der Waals surface area (Å²) in [6, 6.07) is 13.6. The van der Waals surface area contributed by atoms with E-state index in [-0.39, 0.29) is 18.1 Å². The average molecular weight is 518 g/mol. The smallest absolute Gasteiger partial charge is 0.244 e. The Morgan fingerprint density at radius 2 is 1.75 bits per heavy atom. The molecule has 1 N–H and O–H groups in total. The second kappa shape index (κ2) is 12.6. The van der Waals surface area contributed by atoms with Crippen molar-refractivity contribution in [2.75, 3.05) is 43.4 Å². The third kappa shape index (κ3) is 7.36. The predicted octanol–water partition coefficient (Wildman–Crippen LogP) is 2.60. The van der Waals surface area contributed by atoms with Crippen molar-refractivity contribution in [1.82, 2.24) is 10.2 Å². The number of ether oxygens (including phenoxy) is 2. The lowest BCUT2D eigenvalue weighted by atomic mass is 10.1. The molecule has 2 amide bonds. The Morgan fingerprint density at radius 3 is 2.42 bits per heavy atom. The molecule has 36 heavy (non-hydrogen) atoms. The zero-order chi connectivity index (χ0) is 26.1. The van der Waals surface area contributed by atoms with E-state index in [0.717, 1.165) is 29.0 Å². The van der Waals surface area contributed by atoms with Crippen LogP contribution in [0.2, 0.25) is 0 Å². The molecule has 0 fully saturated rings. The lowest BCUT2D eigenvalue weighted by Crippen LogP contribution is -2.52. The molecule has 0 spiro atoms. The Kier molecular flexibility index (Phi) is 9.58. The van der Waals surface area contributed by atoms with Crippen LogP contribution >= 0.6 is 0 Å². The van der Waals surface area contributed by atoms with Gasteiger partial charge in [-0.15, -0.1) is 0 Å². The van der Waals surface area contributed by atoms with Crippen LogP contribution in [0.1, 0.15) is 32.3 Å². The van der Waals surface area contributed by atoms with E-state index in [1.165, 1.54) is 4.90 Å². The van der Waals surface area contributed by atoms with Crippen molar-refractivity contribution < 1.29 is 27.5 Å². The number of hydrogen-bond donors (Lipinski definition) is 1. The topological polar surface area (TPSA) is 105 Å². The minimum atomic E-state index is -3.81. The average Bonchev–Trinajstić information content (AvgIpc) is 2.87. The van der Waals surface area contributed by atoms with E-state index < -0.39 is 28.5 Å². The Hall–Kier alpha value is -3.27. The van der Waals surface area contributed by atoms with Gasteiger partial charge in [0.1, 0.15) is 25.8 Å². The highest BCUT2D eigenvalue weighted by molar-refractivity contribution is 7.92. The maximum absolute atomic E-state index is 13.5. The quantitative estimate of drug-likeness (QED) is 0.434. The molecule has 0 saturated carbocycles. The highest BCUT2D eigenvalue weighted by atomic mass is 32.2. The highest BCUT2D eigenvalue weighted by Crippen LogP contribution is 2.34. The predicted molar refractivity (Wildman–Crippen MR) is 139 cm³/mol. The number of nitrogens with zero attached hydrogens (tertiary/aromatic N) is 2. The monoisotopic (exact) mass is 517 g/mol. The summed E-state index contributed by atoms with van der Waals surface area (Å²) in [6.07, 6.45) is 3.35. The van der Waals surface area contributed by atoms with Crippen molar-refractivity contribution >= 4 is 27.5 Å². The Bertz CT molecular complexity index is 1140. The number of amides is 2. The summed E-state index contributed by atoms with van der Waals surface area (Å²) in [5, 5.41) is 2.87. The molecule has 0 bridgehead atoms. The molecule has 0 radical (unpaired) electrons. The van der Waals surface area contributed by atoms with Crippen LogP contribution in [-0.2, 0) is 26.0 Å². The minimum absolute atomic E-state index is 0.268. The second-order valence-electron chi connectivity index (χ2n) is 8.74. The van der Waals surface area contributed by atoms with Crippen LogP contribution < -0.4 is 19.1 Å². The molecule has 9 nitrogen and oxygen atoms in total. The van der Waals surface area contributed by atoms with Crippen LogP contribution in [0.3, 0.4) is 0 Å². The van der Waals surface area contributed by atoms with Crippen LogP contribution in [-0.4, -0.2) is 70.3 Å². The van der Waals surface area contributed by atoms with E-state index in [4.69, 9.17) is 9.47 Å². The van der Waals surface area contributed by atoms with Crippen LogP contribution in [0.15, 0.2) is 48.5 Å². The SMILES string of the molecule is CCCCNC(=O)[C@@H](C)N(CCc1ccccc1)C(=O)CN(c1ccc2c(c1)OCCO2)S(C)(=O)=O. The molecular weight excluding hydrogens is 482 g/mol. The van der Waals surface area contributed by atoms with Crippen LogP contribution in [0, 0.1) is 0 Å². The second-order valence-corrected chi connectivity index (χ2v) is 10.6. The number of unbranched alkanes of at least 4 members (excludes halogenated alkanes) is 1. The first-order valence-electron chi connectivity index (χ1n) is 12.2. The van der Waals surface area contributed by atoms with Gasteiger partial charge < -0.3 is 19.7 Å². The summed E-state index contributed by atoms with van der Waals surface area (Å²) in [6.45, 7) is 4.81. The zero-order valence-corrected chi connectivity index (χ0v) is 21.9. The van der Waals surface area contributed by atoms with Gasteiger partial charge in [-0.05, 0) is 37.5 Å². The fourth-order valence-electron chi connectivity index (χ4n) is 3.91. The highest BCUT2D eigenvalue weighted by Gasteiger charge is 2.30. The molecule has 10 heteroatoms. The minimum Gasteiger partial charge on any atom is -0.486 e. The Labute approximate surface area is 213 Å². The zero-order valence-electron chi connectivity index (χ0n) is 21.1. The van der Waals surface area contributed by atoms with Crippen molar-refractivity contribution in [2.24, 2.45) is 0 Å². The number of sulfonamides is 1. The van der Waals surface area contributed by atoms with Gasteiger partial charge in [0.05, 0.1) is 11.9 Å². The largest absolute Gasteiger partial charge is 0.486 e. The van der Waals surface area contributed by atoms with Gasteiger partial charge in [0.2, 0.25) is 21.8 Å². The third-order valence-electron chi connectivity index (χ3n) is 5.97. The normalized spacial score (nSPS) is 13.5. The van der Waals surface area contributed by atoms with Crippen molar-refractivity contribution in [2.45, 2.75) is 39.2 Å². The van der Waals surface area contributed by atoms with Crippen LogP contribution in [0.5, 0.6) is 11.5 Å². The molecule has 1 atom stereocenters. The molecule has 0 saturated heterocycles. The lowest BCUT2D eigenvalue weighted by molar-refractivity contribution is -0.138. The van der Waals surface area contributed by atoms with E-state index in [9.17, 15) is 18.0 Å². The molecular formula is C26H35N3O6S. The fourth-order valence-corrected chi connectivity index (χ4v) is 4.75. The number of carbonyl (C=O) groups excluding carboxylic acids is 2. The number of anilines is 1.